The molecule has 1 N–H and O–H groups in total. The molecule has 6 heteroatoms. The third-order valence-electron chi connectivity index (χ3n) is 2.31. The fourth-order valence-corrected chi connectivity index (χ4v) is 1.54. The van der Waals surface area contributed by atoms with E-state index in [1.807, 2.05) is 0 Å². The molecule has 0 radical (unpaired) electrons. The van der Waals surface area contributed by atoms with E-state index < -0.39 is 10.9 Å². The molecule has 0 atom stereocenters. The first-order chi connectivity index (χ1) is 8.58. The molecule has 1 aromatic carbocycles. The lowest BCUT2D eigenvalue weighted by molar-refractivity contribution is -0.383. The third kappa shape index (κ3) is 2.32. The Kier molecular flexibility index (Phi) is 3.01. The number of non-ortho nitro benzene ring substituents is 1. The lowest BCUT2D eigenvalue weighted by atomic mass is 10.1. The van der Waals surface area contributed by atoms with E-state index in [1.165, 1.54) is 12.1 Å². The number of fused-ring (bicyclic) bond motifs is 1. The number of hydrogen-bond acceptors (Lipinski definition) is 4. The van der Waals surface area contributed by atoms with Crippen LogP contribution in [0.3, 0.4) is 0 Å². The van der Waals surface area contributed by atoms with Gasteiger partial charge in [-0.15, -0.1) is 0 Å². The van der Waals surface area contributed by atoms with Crippen molar-refractivity contribution >= 4 is 28.6 Å². The summed E-state index contributed by atoms with van der Waals surface area (Å²) in [5.74, 6) is -1.10. The van der Waals surface area contributed by atoms with Gasteiger partial charge in [-0.25, -0.2) is 9.78 Å². The number of carboxylic acids is 1. The maximum absolute atomic E-state index is 10.8. The number of rotatable bonds is 3. The van der Waals surface area contributed by atoms with E-state index in [9.17, 15) is 14.9 Å². The van der Waals surface area contributed by atoms with Gasteiger partial charge in [-0.05, 0) is 12.1 Å². The largest absolute Gasteiger partial charge is 0.478 e. The van der Waals surface area contributed by atoms with Crippen LogP contribution in [-0.4, -0.2) is 21.0 Å². The molecule has 0 bridgehead atoms. The monoisotopic (exact) mass is 244 g/mol. The second-order valence-electron chi connectivity index (χ2n) is 3.51. The lowest BCUT2D eigenvalue weighted by Gasteiger charge is -1.99. The van der Waals surface area contributed by atoms with E-state index in [1.54, 1.807) is 24.3 Å². The summed E-state index contributed by atoms with van der Waals surface area (Å²) in [5, 5.41) is 20.0. The molecule has 0 amide bonds. The number of hydrogen-bond donors (Lipinski definition) is 1. The number of carboxylic acid groups (broad SMARTS) is 1. The van der Waals surface area contributed by atoms with Gasteiger partial charge in [0, 0.05) is 17.5 Å². The molecule has 0 aliphatic carbocycles. The van der Waals surface area contributed by atoms with Crippen LogP contribution in [0.5, 0.6) is 0 Å². The van der Waals surface area contributed by atoms with E-state index >= 15 is 0 Å². The minimum absolute atomic E-state index is 0.0990. The summed E-state index contributed by atoms with van der Waals surface area (Å²) in [5.41, 5.74) is 0.507. The number of carbonyl (C=O) groups is 1. The number of para-hydroxylation sites is 1. The average Bonchev–Trinajstić information content (AvgIpc) is 2.35. The SMILES string of the molecule is O=C(O)/C=C/c1ccc2cccc([N+](=O)[O-])c2n1. The molecule has 0 saturated heterocycles. The molecule has 18 heavy (non-hydrogen) atoms. The maximum Gasteiger partial charge on any atom is 0.328 e. The topological polar surface area (TPSA) is 93.3 Å². The Bertz CT molecular complexity index is 664. The normalized spacial score (nSPS) is 10.9. The van der Waals surface area contributed by atoms with E-state index in [-0.39, 0.29) is 11.2 Å². The summed E-state index contributed by atoms with van der Waals surface area (Å²) in [6, 6.07) is 7.91. The van der Waals surface area contributed by atoms with Crippen molar-refractivity contribution in [3.05, 3.63) is 52.2 Å². The first-order valence-corrected chi connectivity index (χ1v) is 5.03. The van der Waals surface area contributed by atoms with Crippen molar-refractivity contribution in [1.82, 2.24) is 4.98 Å². The van der Waals surface area contributed by atoms with Crippen molar-refractivity contribution in [2.24, 2.45) is 0 Å². The fraction of sp³-hybridized carbons (Fsp3) is 0. The Morgan fingerprint density at radius 2 is 2.11 bits per heavy atom. The zero-order valence-electron chi connectivity index (χ0n) is 9.11. The Morgan fingerprint density at radius 3 is 2.78 bits per heavy atom. The Balaban J connectivity index is 2.58. The lowest BCUT2D eigenvalue weighted by Crippen LogP contribution is -1.93. The van der Waals surface area contributed by atoms with Gasteiger partial charge in [0.15, 0.2) is 0 Å². The zero-order valence-corrected chi connectivity index (χ0v) is 9.11. The molecular weight excluding hydrogens is 236 g/mol. The molecule has 0 unspecified atom stereocenters. The molecule has 0 fully saturated rings. The summed E-state index contributed by atoms with van der Waals surface area (Å²) in [4.78, 5) is 24.8. The number of benzene rings is 1. The molecule has 1 aromatic heterocycles. The van der Waals surface area contributed by atoms with Crippen LogP contribution in [0.25, 0.3) is 17.0 Å². The van der Waals surface area contributed by atoms with Crippen molar-refractivity contribution in [2.45, 2.75) is 0 Å². The molecule has 2 aromatic rings. The fourth-order valence-electron chi connectivity index (χ4n) is 1.54. The van der Waals surface area contributed by atoms with Crippen LogP contribution in [-0.2, 0) is 4.79 Å². The van der Waals surface area contributed by atoms with E-state index in [2.05, 4.69) is 4.98 Å². The van der Waals surface area contributed by atoms with Crippen molar-refractivity contribution < 1.29 is 14.8 Å². The molecule has 0 saturated carbocycles. The number of nitro groups is 1. The number of aromatic nitrogens is 1. The van der Waals surface area contributed by atoms with Crippen LogP contribution in [0, 0.1) is 10.1 Å². The van der Waals surface area contributed by atoms with Crippen LogP contribution < -0.4 is 0 Å². The van der Waals surface area contributed by atoms with Gasteiger partial charge in [0.25, 0.3) is 5.69 Å². The minimum atomic E-state index is -1.10. The summed E-state index contributed by atoms with van der Waals surface area (Å²) in [6.45, 7) is 0. The number of nitrogens with zero attached hydrogens (tertiary/aromatic N) is 2. The highest BCUT2D eigenvalue weighted by Crippen LogP contribution is 2.23. The van der Waals surface area contributed by atoms with Crippen LogP contribution in [0.15, 0.2) is 36.4 Å². The van der Waals surface area contributed by atoms with Gasteiger partial charge >= 0.3 is 5.97 Å². The Labute approximate surface area is 101 Å². The van der Waals surface area contributed by atoms with Crippen molar-refractivity contribution in [3.63, 3.8) is 0 Å². The first-order valence-electron chi connectivity index (χ1n) is 5.03. The molecule has 6 nitrogen and oxygen atoms in total. The van der Waals surface area contributed by atoms with Gasteiger partial charge in [-0.2, -0.15) is 0 Å². The van der Waals surface area contributed by atoms with Gasteiger partial charge in [-0.3, -0.25) is 10.1 Å². The standard InChI is InChI=1S/C12H8N2O4/c15-11(16)7-6-9-5-4-8-2-1-3-10(14(17)18)12(8)13-9/h1-7H,(H,15,16)/b7-6+. The second kappa shape index (κ2) is 4.62. The van der Waals surface area contributed by atoms with E-state index in [0.29, 0.717) is 11.1 Å². The average molecular weight is 244 g/mol. The maximum atomic E-state index is 10.8. The smallest absolute Gasteiger partial charge is 0.328 e. The molecule has 0 aliphatic heterocycles. The van der Waals surface area contributed by atoms with Gasteiger partial charge in [0.1, 0.15) is 5.52 Å². The summed E-state index contributed by atoms with van der Waals surface area (Å²) in [7, 11) is 0. The zero-order chi connectivity index (χ0) is 13.1. The third-order valence-corrected chi connectivity index (χ3v) is 2.31. The number of pyridine rings is 1. The van der Waals surface area contributed by atoms with Gasteiger partial charge in [0.05, 0.1) is 10.6 Å². The van der Waals surface area contributed by atoms with E-state index in [0.717, 1.165) is 6.08 Å². The molecule has 1 heterocycles. The molecular formula is C12H8N2O4. The van der Waals surface area contributed by atoms with Gasteiger partial charge in [0.2, 0.25) is 0 Å². The Morgan fingerprint density at radius 1 is 1.33 bits per heavy atom. The predicted molar refractivity (Wildman–Crippen MR) is 65.1 cm³/mol. The highest BCUT2D eigenvalue weighted by molar-refractivity contribution is 5.89. The van der Waals surface area contributed by atoms with Crippen LogP contribution >= 0.6 is 0 Å². The van der Waals surface area contributed by atoms with Crippen molar-refractivity contribution in [1.29, 1.82) is 0 Å². The summed E-state index contributed by atoms with van der Waals surface area (Å²) in [6.07, 6.45) is 2.22. The Hall–Kier alpha value is -2.76. The van der Waals surface area contributed by atoms with Crippen LogP contribution in [0.2, 0.25) is 0 Å². The highest BCUT2D eigenvalue weighted by atomic mass is 16.6. The van der Waals surface area contributed by atoms with E-state index in [4.69, 9.17) is 5.11 Å². The van der Waals surface area contributed by atoms with Crippen molar-refractivity contribution in [3.8, 4) is 0 Å². The molecule has 2 rings (SSSR count). The summed E-state index contributed by atoms with van der Waals surface area (Å²) < 4.78 is 0. The molecule has 90 valence electrons. The quantitative estimate of drug-likeness (QED) is 0.507. The van der Waals surface area contributed by atoms with Crippen LogP contribution in [0.4, 0.5) is 5.69 Å². The van der Waals surface area contributed by atoms with Crippen LogP contribution in [0.1, 0.15) is 5.69 Å². The van der Waals surface area contributed by atoms with Gasteiger partial charge < -0.3 is 5.11 Å². The summed E-state index contributed by atoms with van der Waals surface area (Å²) >= 11 is 0. The second-order valence-corrected chi connectivity index (χ2v) is 3.51. The molecule has 0 spiro atoms. The number of aliphatic carboxylic acids is 1. The van der Waals surface area contributed by atoms with Gasteiger partial charge in [-0.1, -0.05) is 18.2 Å². The highest BCUT2D eigenvalue weighted by Gasteiger charge is 2.12. The van der Waals surface area contributed by atoms with Crippen molar-refractivity contribution in [2.75, 3.05) is 0 Å². The molecule has 0 aliphatic rings. The number of nitro benzene ring substituents is 1. The minimum Gasteiger partial charge on any atom is -0.478 e. The predicted octanol–water partition coefficient (Wildman–Crippen LogP) is 2.24. The first kappa shape index (κ1) is 11.7.